The molecular weight excluding hydrogens is 328 g/mol. The Kier molecular flexibility index (Phi) is 5.92. The SMILES string of the molecule is COC(=O)c1cccc(OC)c1NC(=O)Cc1csc(C(C)C)n1. The van der Waals surface area contributed by atoms with Crippen LogP contribution in [0.5, 0.6) is 5.75 Å². The van der Waals surface area contributed by atoms with Crippen molar-refractivity contribution < 1.29 is 19.1 Å². The Bertz CT molecular complexity index is 740. The number of methoxy groups -OCH3 is 2. The Morgan fingerprint density at radius 3 is 2.62 bits per heavy atom. The van der Waals surface area contributed by atoms with E-state index in [9.17, 15) is 9.59 Å². The van der Waals surface area contributed by atoms with Crippen LogP contribution in [-0.4, -0.2) is 31.1 Å². The Morgan fingerprint density at radius 1 is 1.29 bits per heavy atom. The lowest BCUT2D eigenvalue weighted by Crippen LogP contribution is -2.18. The van der Waals surface area contributed by atoms with Gasteiger partial charge in [0.15, 0.2) is 0 Å². The summed E-state index contributed by atoms with van der Waals surface area (Å²) in [4.78, 5) is 28.7. The van der Waals surface area contributed by atoms with Gasteiger partial charge in [-0.15, -0.1) is 11.3 Å². The first-order valence-corrected chi connectivity index (χ1v) is 8.33. The summed E-state index contributed by atoms with van der Waals surface area (Å²) in [6.45, 7) is 4.11. The molecule has 6 nitrogen and oxygen atoms in total. The van der Waals surface area contributed by atoms with Crippen molar-refractivity contribution in [3.63, 3.8) is 0 Å². The molecule has 0 unspecified atom stereocenters. The molecule has 128 valence electrons. The molecule has 0 fully saturated rings. The molecule has 7 heteroatoms. The monoisotopic (exact) mass is 348 g/mol. The number of nitrogens with zero attached hydrogens (tertiary/aromatic N) is 1. The summed E-state index contributed by atoms with van der Waals surface area (Å²) in [7, 11) is 2.76. The van der Waals surface area contributed by atoms with Gasteiger partial charge in [-0.05, 0) is 12.1 Å². The van der Waals surface area contributed by atoms with Gasteiger partial charge in [-0.2, -0.15) is 0 Å². The van der Waals surface area contributed by atoms with Gasteiger partial charge in [-0.3, -0.25) is 4.79 Å². The maximum atomic E-state index is 12.3. The van der Waals surface area contributed by atoms with Crippen LogP contribution in [0.2, 0.25) is 0 Å². The predicted octanol–water partition coefficient (Wildman–Crippen LogP) is 3.24. The minimum Gasteiger partial charge on any atom is -0.495 e. The standard InChI is InChI=1S/C17H20N2O4S/c1-10(2)16-18-11(9-24-16)8-14(20)19-15-12(17(21)23-4)6-5-7-13(15)22-3/h5-7,9-10H,8H2,1-4H3,(H,19,20). The topological polar surface area (TPSA) is 77.5 Å². The minimum absolute atomic E-state index is 0.127. The number of anilines is 1. The number of nitrogens with one attached hydrogen (secondary N) is 1. The number of amides is 1. The molecule has 24 heavy (non-hydrogen) atoms. The van der Waals surface area contributed by atoms with E-state index in [1.165, 1.54) is 25.6 Å². The van der Waals surface area contributed by atoms with Crippen molar-refractivity contribution in [2.75, 3.05) is 19.5 Å². The molecule has 1 amide bonds. The molecule has 0 radical (unpaired) electrons. The molecule has 0 spiro atoms. The second-order valence-electron chi connectivity index (χ2n) is 5.43. The van der Waals surface area contributed by atoms with Crippen LogP contribution in [0.3, 0.4) is 0 Å². The molecule has 1 aromatic carbocycles. The smallest absolute Gasteiger partial charge is 0.340 e. The van der Waals surface area contributed by atoms with Crippen LogP contribution >= 0.6 is 11.3 Å². The van der Waals surface area contributed by atoms with Crippen LogP contribution in [-0.2, 0) is 16.0 Å². The summed E-state index contributed by atoms with van der Waals surface area (Å²) in [6.07, 6.45) is 0.127. The third-order valence-corrected chi connectivity index (χ3v) is 4.52. The van der Waals surface area contributed by atoms with Gasteiger partial charge in [-0.25, -0.2) is 9.78 Å². The number of para-hydroxylation sites is 1. The fourth-order valence-corrected chi connectivity index (χ4v) is 2.96. The van der Waals surface area contributed by atoms with Crippen LogP contribution in [0.4, 0.5) is 5.69 Å². The maximum Gasteiger partial charge on any atom is 0.340 e. The van der Waals surface area contributed by atoms with Gasteiger partial charge in [0, 0.05) is 11.3 Å². The van der Waals surface area contributed by atoms with Gasteiger partial charge in [0.1, 0.15) is 5.75 Å². The van der Waals surface area contributed by atoms with E-state index in [2.05, 4.69) is 24.1 Å². The van der Waals surface area contributed by atoms with Crippen LogP contribution in [0.25, 0.3) is 0 Å². The molecule has 0 saturated carbocycles. The average molecular weight is 348 g/mol. The van der Waals surface area contributed by atoms with Gasteiger partial charge < -0.3 is 14.8 Å². The highest BCUT2D eigenvalue weighted by Gasteiger charge is 2.19. The largest absolute Gasteiger partial charge is 0.495 e. The Labute approximate surface area is 144 Å². The van der Waals surface area contributed by atoms with Crippen molar-refractivity contribution in [3.8, 4) is 5.75 Å². The number of rotatable bonds is 6. The molecule has 0 aliphatic heterocycles. The summed E-state index contributed by atoms with van der Waals surface area (Å²) >= 11 is 1.54. The molecule has 1 aromatic heterocycles. The third-order valence-electron chi connectivity index (χ3n) is 3.32. The number of ether oxygens (including phenoxy) is 2. The summed E-state index contributed by atoms with van der Waals surface area (Å²) in [5.74, 6) is -0.0930. The molecule has 2 rings (SSSR count). The van der Waals surface area contributed by atoms with Gasteiger partial charge in [0.25, 0.3) is 0 Å². The van der Waals surface area contributed by atoms with E-state index in [1.807, 2.05) is 5.38 Å². The molecule has 1 heterocycles. The lowest BCUT2D eigenvalue weighted by molar-refractivity contribution is -0.115. The van der Waals surface area contributed by atoms with Crippen LogP contribution in [0.1, 0.15) is 40.8 Å². The maximum absolute atomic E-state index is 12.3. The number of hydrogen-bond acceptors (Lipinski definition) is 6. The molecule has 0 aliphatic rings. The lowest BCUT2D eigenvalue weighted by atomic mass is 10.1. The van der Waals surface area contributed by atoms with E-state index in [-0.39, 0.29) is 17.9 Å². The quantitative estimate of drug-likeness (QED) is 0.811. The van der Waals surface area contributed by atoms with E-state index < -0.39 is 5.97 Å². The van der Waals surface area contributed by atoms with E-state index in [1.54, 1.807) is 18.2 Å². The van der Waals surface area contributed by atoms with Crippen molar-refractivity contribution in [3.05, 3.63) is 39.8 Å². The fraction of sp³-hybridized carbons (Fsp3) is 0.353. The van der Waals surface area contributed by atoms with Crippen LogP contribution in [0.15, 0.2) is 23.6 Å². The van der Waals surface area contributed by atoms with E-state index in [4.69, 9.17) is 9.47 Å². The second kappa shape index (κ2) is 7.92. The number of carbonyl (C=O) groups is 2. The number of benzene rings is 1. The number of aromatic nitrogens is 1. The average Bonchev–Trinajstić information content (AvgIpc) is 3.02. The highest BCUT2D eigenvalue weighted by molar-refractivity contribution is 7.09. The normalized spacial score (nSPS) is 10.5. The molecule has 2 aromatic rings. The first kappa shape index (κ1) is 17.9. The zero-order valence-corrected chi connectivity index (χ0v) is 14.9. The zero-order chi connectivity index (χ0) is 17.7. The zero-order valence-electron chi connectivity index (χ0n) is 14.1. The molecule has 0 aliphatic carbocycles. The summed E-state index contributed by atoms with van der Waals surface area (Å²) < 4.78 is 9.98. The van der Waals surface area contributed by atoms with Crippen molar-refractivity contribution in [2.24, 2.45) is 0 Å². The van der Waals surface area contributed by atoms with Crippen molar-refractivity contribution in [2.45, 2.75) is 26.2 Å². The number of esters is 1. The minimum atomic E-state index is -0.542. The van der Waals surface area contributed by atoms with Gasteiger partial charge in [-0.1, -0.05) is 19.9 Å². The molecule has 1 N–H and O–H groups in total. The van der Waals surface area contributed by atoms with Gasteiger partial charge >= 0.3 is 5.97 Å². The van der Waals surface area contributed by atoms with Crippen LogP contribution in [0, 0.1) is 0 Å². The molecule has 0 saturated heterocycles. The lowest BCUT2D eigenvalue weighted by Gasteiger charge is -2.13. The highest BCUT2D eigenvalue weighted by Crippen LogP contribution is 2.29. The number of carbonyl (C=O) groups excluding carboxylic acids is 2. The number of thiazole rings is 1. The highest BCUT2D eigenvalue weighted by atomic mass is 32.1. The third kappa shape index (κ3) is 4.11. The predicted molar refractivity (Wildman–Crippen MR) is 92.9 cm³/mol. The first-order valence-electron chi connectivity index (χ1n) is 7.45. The van der Waals surface area contributed by atoms with Crippen molar-refractivity contribution in [1.29, 1.82) is 0 Å². The summed E-state index contributed by atoms with van der Waals surface area (Å²) in [5.41, 5.74) is 1.25. The first-order chi connectivity index (χ1) is 11.5. The van der Waals surface area contributed by atoms with E-state index >= 15 is 0 Å². The van der Waals surface area contributed by atoms with E-state index in [0.29, 0.717) is 23.0 Å². The van der Waals surface area contributed by atoms with E-state index in [0.717, 1.165) is 5.01 Å². The van der Waals surface area contributed by atoms with Crippen LogP contribution < -0.4 is 10.1 Å². The Morgan fingerprint density at radius 2 is 2.04 bits per heavy atom. The Hall–Kier alpha value is -2.41. The molecular formula is C17H20N2O4S. The second-order valence-corrected chi connectivity index (χ2v) is 6.32. The molecule has 0 bridgehead atoms. The molecule has 0 atom stereocenters. The van der Waals surface area contributed by atoms with Gasteiger partial charge in [0.2, 0.25) is 5.91 Å². The van der Waals surface area contributed by atoms with Gasteiger partial charge in [0.05, 0.1) is 42.6 Å². The number of hydrogen-bond donors (Lipinski definition) is 1. The van der Waals surface area contributed by atoms with Crippen molar-refractivity contribution >= 4 is 28.9 Å². The summed E-state index contributed by atoms with van der Waals surface area (Å²) in [6, 6.07) is 4.90. The Balaban J connectivity index is 2.19. The summed E-state index contributed by atoms with van der Waals surface area (Å²) in [5, 5.41) is 5.60. The fourth-order valence-electron chi connectivity index (χ4n) is 2.13. The van der Waals surface area contributed by atoms with Crippen molar-refractivity contribution in [1.82, 2.24) is 4.98 Å².